The summed E-state index contributed by atoms with van der Waals surface area (Å²) in [6, 6.07) is 11.5. The van der Waals surface area contributed by atoms with E-state index in [1.807, 2.05) is 30.3 Å². The SMILES string of the molecule is Cc1cc(NC(=O)C2CC2c2ccccc2)c(C(=O)O)[nH]1. The van der Waals surface area contributed by atoms with Crippen LogP contribution in [0.2, 0.25) is 0 Å². The van der Waals surface area contributed by atoms with Gasteiger partial charge in [0.05, 0.1) is 5.69 Å². The largest absolute Gasteiger partial charge is 0.477 e. The van der Waals surface area contributed by atoms with E-state index in [1.165, 1.54) is 0 Å². The molecule has 1 aromatic carbocycles. The quantitative estimate of drug-likeness (QED) is 0.807. The molecule has 1 heterocycles. The Morgan fingerprint density at radius 2 is 2.00 bits per heavy atom. The van der Waals surface area contributed by atoms with Crippen molar-refractivity contribution >= 4 is 17.6 Å². The van der Waals surface area contributed by atoms with E-state index >= 15 is 0 Å². The van der Waals surface area contributed by atoms with Crippen molar-refractivity contribution in [1.82, 2.24) is 4.98 Å². The van der Waals surface area contributed by atoms with Gasteiger partial charge in [0.2, 0.25) is 5.91 Å². The van der Waals surface area contributed by atoms with Gasteiger partial charge in [0.15, 0.2) is 0 Å². The van der Waals surface area contributed by atoms with Crippen LogP contribution in [0.15, 0.2) is 36.4 Å². The minimum absolute atomic E-state index is 0.0257. The molecule has 0 spiro atoms. The maximum atomic E-state index is 12.2. The average molecular weight is 284 g/mol. The predicted octanol–water partition coefficient (Wildman–Crippen LogP) is 2.76. The number of carbonyl (C=O) groups is 2. The van der Waals surface area contributed by atoms with E-state index in [0.29, 0.717) is 11.4 Å². The molecule has 1 fully saturated rings. The Balaban J connectivity index is 1.70. The van der Waals surface area contributed by atoms with E-state index in [2.05, 4.69) is 10.3 Å². The molecule has 21 heavy (non-hydrogen) atoms. The zero-order chi connectivity index (χ0) is 15.0. The first-order chi connectivity index (χ1) is 10.1. The standard InChI is InChI=1S/C16H16N2O3/c1-9-7-13(14(17-9)16(20)21)18-15(19)12-8-11(12)10-5-3-2-4-6-10/h2-7,11-12,17H,8H2,1H3,(H,18,19)(H,20,21). The lowest BCUT2D eigenvalue weighted by atomic mass is 10.1. The number of benzene rings is 1. The number of hydrogen-bond donors (Lipinski definition) is 3. The molecule has 108 valence electrons. The van der Waals surface area contributed by atoms with E-state index in [1.54, 1.807) is 13.0 Å². The molecule has 1 amide bonds. The van der Waals surface area contributed by atoms with Crippen LogP contribution in [-0.4, -0.2) is 22.0 Å². The molecular formula is C16H16N2O3. The molecule has 1 aromatic heterocycles. The van der Waals surface area contributed by atoms with Crippen LogP contribution >= 0.6 is 0 Å². The second kappa shape index (κ2) is 5.09. The smallest absolute Gasteiger partial charge is 0.354 e. The third-order valence-corrected chi connectivity index (χ3v) is 3.78. The number of rotatable bonds is 4. The van der Waals surface area contributed by atoms with E-state index in [9.17, 15) is 9.59 Å². The number of aromatic nitrogens is 1. The van der Waals surface area contributed by atoms with Crippen molar-refractivity contribution in [3.05, 3.63) is 53.3 Å². The number of amides is 1. The molecule has 1 aliphatic rings. The Kier molecular flexibility index (Phi) is 3.25. The van der Waals surface area contributed by atoms with Crippen LogP contribution in [0.4, 0.5) is 5.69 Å². The molecule has 5 heteroatoms. The van der Waals surface area contributed by atoms with E-state index < -0.39 is 5.97 Å². The van der Waals surface area contributed by atoms with Crippen molar-refractivity contribution < 1.29 is 14.7 Å². The van der Waals surface area contributed by atoms with Crippen molar-refractivity contribution in [3.8, 4) is 0 Å². The first kappa shape index (κ1) is 13.4. The van der Waals surface area contributed by atoms with Gasteiger partial charge in [-0.05, 0) is 30.9 Å². The summed E-state index contributed by atoms with van der Waals surface area (Å²) in [6.07, 6.45) is 0.807. The molecular weight excluding hydrogens is 268 g/mol. The Morgan fingerprint density at radius 1 is 1.29 bits per heavy atom. The molecule has 3 rings (SSSR count). The van der Waals surface area contributed by atoms with Gasteiger partial charge in [-0.1, -0.05) is 30.3 Å². The number of H-pyrrole nitrogens is 1. The Morgan fingerprint density at radius 3 is 2.67 bits per heavy atom. The number of carboxylic acid groups (broad SMARTS) is 1. The number of hydrogen-bond acceptors (Lipinski definition) is 2. The molecule has 1 aliphatic carbocycles. The van der Waals surface area contributed by atoms with Gasteiger partial charge < -0.3 is 15.4 Å². The van der Waals surface area contributed by atoms with Gasteiger partial charge in [0.1, 0.15) is 5.69 Å². The highest BCUT2D eigenvalue weighted by atomic mass is 16.4. The average Bonchev–Trinajstić information content (AvgIpc) is 3.18. The molecule has 0 radical (unpaired) electrons. The molecule has 5 nitrogen and oxygen atoms in total. The predicted molar refractivity (Wildman–Crippen MR) is 78.4 cm³/mol. The zero-order valence-corrected chi connectivity index (χ0v) is 11.6. The third-order valence-electron chi connectivity index (χ3n) is 3.78. The van der Waals surface area contributed by atoms with Crippen molar-refractivity contribution in [2.75, 3.05) is 5.32 Å². The summed E-state index contributed by atoms with van der Waals surface area (Å²) < 4.78 is 0. The fourth-order valence-electron chi connectivity index (χ4n) is 2.64. The number of aryl methyl sites for hydroxylation is 1. The highest BCUT2D eigenvalue weighted by Crippen LogP contribution is 2.47. The number of aromatic amines is 1. The third kappa shape index (κ3) is 2.67. The molecule has 0 saturated heterocycles. The zero-order valence-electron chi connectivity index (χ0n) is 11.6. The van der Waals surface area contributed by atoms with Crippen LogP contribution < -0.4 is 5.32 Å². The summed E-state index contributed by atoms with van der Waals surface area (Å²) in [5.74, 6) is -1.04. The fourth-order valence-corrected chi connectivity index (χ4v) is 2.64. The van der Waals surface area contributed by atoms with Crippen LogP contribution in [0.3, 0.4) is 0 Å². The molecule has 0 bridgehead atoms. The van der Waals surface area contributed by atoms with Crippen LogP contribution in [0.5, 0.6) is 0 Å². The lowest BCUT2D eigenvalue weighted by molar-refractivity contribution is -0.117. The van der Waals surface area contributed by atoms with E-state index in [4.69, 9.17) is 5.11 Å². The molecule has 2 atom stereocenters. The summed E-state index contributed by atoms with van der Waals surface area (Å²) in [5.41, 5.74) is 2.22. The number of carbonyl (C=O) groups excluding carboxylic acids is 1. The maximum absolute atomic E-state index is 12.2. The molecule has 1 saturated carbocycles. The molecule has 0 aliphatic heterocycles. The van der Waals surface area contributed by atoms with E-state index in [0.717, 1.165) is 12.0 Å². The summed E-state index contributed by atoms with van der Waals surface area (Å²) in [7, 11) is 0. The van der Waals surface area contributed by atoms with Gasteiger partial charge in [-0.3, -0.25) is 4.79 Å². The number of carboxylic acids is 1. The van der Waals surface area contributed by atoms with Crippen LogP contribution in [0.25, 0.3) is 0 Å². The molecule has 2 unspecified atom stereocenters. The lowest BCUT2D eigenvalue weighted by Gasteiger charge is -2.04. The Labute approximate surface area is 122 Å². The number of aromatic carboxylic acids is 1. The van der Waals surface area contributed by atoms with Crippen LogP contribution in [0.1, 0.15) is 34.1 Å². The topological polar surface area (TPSA) is 82.2 Å². The fraction of sp³-hybridized carbons (Fsp3) is 0.250. The van der Waals surface area contributed by atoms with Crippen molar-refractivity contribution in [2.45, 2.75) is 19.3 Å². The summed E-state index contributed by atoms with van der Waals surface area (Å²) >= 11 is 0. The highest BCUT2D eigenvalue weighted by molar-refractivity contribution is 6.01. The van der Waals surface area contributed by atoms with Gasteiger partial charge >= 0.3 is 5.97 Å². The molecule has 2 aromatic rings. The highest BCUT2D eigenvalue weighted by Gasteiger charge is 2.44. The number of anilines is 1. The van der Waals surface area contributed by atoms with Crippen LogP contribution in [0, 0.1) is 12.8 Å². The van der Waals surface area contributed by atoms with Gasteiger partial charge in [-0.25, -0.2) is 4.79 Å². The monoisotopic (exact) mass is 284 g/mol. The van der Waals surface area contributed by atoms with Crippen LogP contribution in [-0.2, 0) is 4.79 Å². The Hall–Kier alpha value is -2.56. The minimum Gasteiger partial charge on any atom is -0.477 e. The first-order valence-electron chi connectivity index (χ1n) is 6.85. The molecule has 3 N–H and O–H groups in total. The van der Waals surface area contributed by atoms with E-state index in [-0.39, 0.29) is 23.4 Å². The summed E-state index contributed by atoms with van der Waals surface area (Å²) in [4.78, 5) is 26.1. The first-order valence-corrected chi connectivity index (χ1v) is 6.85. The minimum atomic E-state index is -1.08. The normalized spacial score (nSPS) is 20.0. The maximum Gasteiger partial charge on any atom is 0.354 e. The van der Waals surface area contributed by atoms with Gasteiger partial charge in [-0.2, -0.15) is 0 Å². The van der Waals surface area contributed by atoms with Crippen molar-refractivity contribution in [1.29, 1.82) is 0 Å². The Bertz CT molecular complexity index is 691. The summed E-state index contributed by atoms with van der Waals surface area (Å²) in [6.45, 7) is 1.76. The van der Waals surface area contributed by atoms with Gasteiger partial charge in [0.25, 0.3) is 0 Å². The van der Waals surface area contributed by atoms with Gasteiger partial charge in [0, 0.05) is 11.6 Å². The lowest BCUT2D eigenvalue weighted by Crippen LogP contribution is -2.16. The van der Waals surface area contributed by atoms with Crippen molar-refractivity contribution in [3.63, 3.8) is 0 Å². The summed E-state index contributed by atoms with van der Waals surface area (Å²) in [5, 5.41) is 11.8. The second-order valence-corrected chi connectivity index (χ2v) is 5.39. The van der Waals surface area contributed by atoms with Gasteiger partial charge in [-0.15, -0.1) is 0 Å². The second-order valence-electron chi connectivity index (χ2n) is 5.39. The van der Waals surface area contributed by atoms with Crippen molar-refractivity contribution in [2.24, 2.45) is 5.92 Å². The number of nitrogens with one attached hydrogen (secondary N) is 2.